The summed E-state index contributed by atoms with van der Waals surface area (Å²) in [4.78, 5) is 0. The molecular weight excluding hydrogens is 198 g/mol. The maximum absolute atomic E-state index is 4.12. The summed E-state index contributed by atoms with van der Waals surface area (Å²) in [7, 11) is 0. The van der Waals surface area contributed by atoms with Crippen LogP contribution in [-0.2, 0) is 0 Å². The molecule has 0 bridgehead atoms. The van der Waals surface area contributed by atoms with Crippen molar-refractivity contribution in [1.82, 2.24) is 14.6 Å². The Morgan fingerprint density at radius 1 is 0.875 bits per heavy atom. The first-order valence-corrected chi connectivity index (χ1v) is 5.22. The Bertz CT molecular complexity index is 626. The first-order chi connectivity index (χ1) is 7.86. The second-order valence-electron chi connectivity index (χ2n) is 3.72. The van der Waals surface area contributed by atoms with Crippen molar-refractivity contribution in [2.45, 2.75) is 6.92 Å². The number of hydrogen-bond donors (Lipinski definition) is 0. The predicted octanol–water partition coefficient (Wildman–Crippen LogP) is 2.70. The Morgan fingerprint density at radius 2 is 1.69 bits per heavy atom. The highest BCUT2D eigenvalue weighted by Gasteiger charge is 2.06. The summed E-state index contributed by atoms with van der Waals surface area (Å²) in [6, 6.07) is 16.3. The number of aryl methyl sites for hydroxylation is 1. The lowest BCUT2D eigenvalue weighted by molar-refractivity contribution is 1.01. The zero-order valence-electron chi connectivity index (χ0n) is 8.96. The van der Waals surface area contributed by atoms with E-state index in [0.29, 0.717) is 0 Å². The van der Waals surface area contributed by atoms with Crippen molar-refractivity contribution < 1.29 is 0 Å². The number of pyridine rings is 1. The zero-order valence-corrected chi connectivity index (χ0v) is 8.96. The van der Waals surface area contributed by atoms with Gasteiger partial charge in [0.15, 0.2) is 5.65 Å². The van der Waals surface area contributed by atoms with Crippen molar-refractivity contribution in [3.05, 3.63) is 54.4 Å². The summed E-state index contributed by atoms with van der Waals surface area (Å²) < 4.78 is 2.06. The summed E-state index contributed by atoms with van der Waals surface area (Å²) in [5.41, 5.74) is 3.19. The molecule has 3 nitrogen and oxygen atoms in total. The van der Waals surface area contributed by atoms with E-state index in [1.54, 1.807) is 0 Å². The standard InChI is InChI=1S/C13H11N3/c1-10-14-15-13-9-5-8-12(16(10)13)11-6-3-2-4-7-11/h2-9H,1H3. The molecule has 0 N–H and O–H groups in total. The molecule has 3 aromatic rings. The van der Waals surface area contributed by atoms with Crippen LogP contribution in [0.15, 0.2) is 48.5 Å². The van der Waals surface area contributed by atoms with Crippen molar-refractivity contribution >= 4 is 5.65 Å². The lowest BCUT2D eigenvalue weighted by Gasteiger charge is -2.05. The van der Waals surface area contributed by atoms with E-state index >= 15 is 0 Å². The van der Waals surface area contributed by atoms with Gasteiger partial charge in [-0.15, -0.1) is 10.2 Å². The lowest BCUT2D eigenvalue weighted by Crippen LogP contribution is -1.93. The molecule has 0 aliphatic carbocycles. The summed E-state index contributed by atoms with van der Waals surface area (Å²) in [5.74, 6) is 0.912. The highest BCUT2D eigenvalue weighted by atomic mass is 15.2. The molecule has 2 aromatic heterocycles. The average molecular weight is 209 g/mol. The Morgan fingerprint density at radius 3 is 2.50 bits per heavy atom. The van der Waals surface area contributed by atoms with E-state index in [1.807, 2.05) is 37.3 Å². The van der Waals surface area contributed by atoms with Gasteiger partial charge in [-0.2, -0.15) is 0 Å². The van der Waals surface area contributed by atoms with Gasteiger partial charge in [0.2, 0.25) is 0 Å². The zero-order chi connectivity index (χ0) is 11.0. The fourth-order valence-electron chi connectivity index (χ4n) is 1.92. The normalized spacial score (nSPS) is 10.8. The van der Waals surface area contributed by atoms with Crippen LogP contribution in [0.4, 0.5) is 0 Å². The summed E-state index contributed by atoms with van der Waals surface area (Å²) in [5, 5.41) is 8.21. The lowest BCUT2D eigenvalue weighted by atomic mass is 10.1. The maximum atomic E-state index is 4.12. The highest BCUT2D eigenvalue weighted by Crippen LogP contribution is 2.20. The van der Waals surface area contributed by atoms with Gasteiger partial charge in [0.05, 0.1) is 5.69 Å². The molecule has 0 spiro atoms. The quantitative estimate of drug-likeness (QED) is 0.616. The Hall–Kier alpha value is -2.16. The predicted molar refractivity (Wildman–Crippen MR) is 63.2 cm³/mol. The third kappa shape index (κ3) is 1.29. The summed E-state index contributed by atoms with van der Waals surface area (Å²) in [6.07, 6.45) is 0. The van der Waals surface area contributed by atoms with Crippen LogP contribution in [0.3, 0.4) is 0 Å². The maximum Gasteiger partial charge on any atom is 0.161 e. The van der Waals surface area contributed by atoms with Crippen molar-refractivity contribution in [3.8, 4) is 11.3 Å². The average Bonchev–Trinajstić information content (AvgIpc) is 2.73. The molecule has 0 unspecified atom stereocenters. The topological polar surface area (TPSA) is 30.2 Å². The van der Waals surface area contributed by atoms with Gasteiger partial charge in [-0.1, -0.05) is 36.4 Å². The Kier molecular flexibility index (Phi) is 1.96. The van der Waals surface area contributed by atoms with Crippen LogP contribution in [0, 0.1) is 6.92 Å². The van der Waals surface area contributed by atoms with E-state index in [1.165, 1.54) is 5.56 Å². The van der Waals surface area contributed by atoms with Gasteiger partial charge in [-0.05, 0) is 24.6 Å². The minimum Gasteiger partial charge on any atom is -0.279 e. The van der Waals surface area contributed by atoms with Crippen molar-refractivity contribution in [2.75, 3.05) is 0 Å². The van der Waals surface area contributed by atoms with E-state index < -0.39 is 0 Å². The Labute approximate surface area is 93.4 Å². The molecule has 1 aromatic carbocycles. The van der Waals surface area contributed by atoms with Crippen molar-refractivity contribution in [2.24, 2.45) is 0 Å². The van der Waals surface area contributed by atoms with Crippen LogP contribution in [0.25, 0.3) is 16.9 Å². The SMILES string of the molecule is Cc1nnc2cccc(-c3ccccc3)n12. The first-order valence-electron chi connectivity index (χ1n) is 5.22. The fraction of sp³-hybridized carbons (Fsp3) is 0.0769. The fourth-order valence-corrected chi connectivity index (χ4v) is 1.92. The minimum absolute atomic E-state index is 0.888. The number of rotatable bonds is 1. The molecule has 78 valence electrons. The van der Waals surface area contributed by atoms with E-state index in [4.69, 9.17) is 0 Å². The van der Waals surface area contributed by atoms with Crippen molar-refractivity contribution in [3.63, 3.8) is 0 Å². The summed E-state index contributed by atoms with van der Waals surface area (Å²) >= 11 is 0. The van der Waals surface area contributed by atoms with Gasteiger partial charge < -0.3 is 0 Å². The van der Waals surface area contributed by atoms with Crippen LogP contribution in [0.1, 0.15) is 5.82 Å². The summed E-state index contributed by atoms with van der Waals surface area (Å²) in [6.45, 7) is 1.96. The Balaban J connectivity index is 2.36. The van der Waals surface area contributed by atoms with E-state index in [9.17, 15) is 0 Å². The van der Waals surface area contributed by atoms with Crippen LogP contribution in [0.2, 0.25) is 0 Å². The monoisotopic (exact) mass is 209 g/mol. The molecule has 0 fully saturated rings. The number of aromatic nitrogens is 3. The van der Waals surface area contributed by atoms with Gasteiger partial charge in [0.1, 0.15) is 5.82 Å². The van der Waals surface area contributed by atoms with E-state index in [-0.39, 0.29) is 0 Å². The van der Waals surface area contributed by atoms with Crippen molar-refractivity contribution in [1.29, 1.82) is 0 Å². The van der Waals surface area contributed by atoms with Crippen LogP contribution in [-0.4, -0.2) is 14.6 Å². The number of nitrogens with zero attached hydrogens (tertiary/aromatic N) is 3. The molecule has 0 radical (unpaired) electrons. The van der Waals surface area contributed by atoms with Gasteiger partial charge in [-0.3, -0.25) is 4.40 Å². The minimum atomic E-state index is 0.888. The second kappa shape index (κ2) is 3.45. The molecule has 0 saturated heterocycles. The van der Waals surface area contributed by atoms with Gasteiger partial charge in [-0.25, -0.2) is 0 Å². The molecule has 2 heterocycles. The number of benzene rings is 1. The van der Waals surface area contributed by atoms with Gasteiger partial charge in [0, 0.05) is 0 Å². The molecular formula is C13H11N3. The molecule has 0 aliphatic rings. The van der Waals surface area contributed by atoms with E-state index in [0.717, 1.165) is 17.2 Å². The third-order valence-electron chi connectivity index (χ3n) is 2.66. The molecule has 0 saturated carbocycles. The third-order valence-corrected chi connectivity index (χ3v) is 2.66. The van der Waals surface area contributed by atoms with Crippen LogP contribution >= 0.6 is 0 Å². The molecule has 16 heavy (non-hydrogen) atoms. The second-order valence-corrected chi connectivity index (χ2v) is 3.72. The van der Waals surface area contributed by atoms with Crippen LogP contribution in [0.5, 0.6) is 0 Å². The molecule has 0 aliphatic heterocycles. The molecule has 0 atom stereocenters. The molecule has 3 heteroatoms. The number of hydrogen-bond acceptors (Lipinski definition) is 2. The van der Waals surface area contributed by atoms with Gasteiger partial charge >= 0.3 is 0 Å². The molecule has 3 rings (SSSR count). The smallest absolute Gasteiger partial charge is 0.161 e. The van der Waals surface area contributed by atoms with Crippen LogP contribution < -0.4 is 0 Å². The molecule has 0 amide bonds. The van der Waals surface area contributed by atoms with E-state index in [2.05, 4.69) is 32.8 Å². The largest absolute Gasteiger partial charge is 0.279 e. The number of fused-ring (bicyclic) bond motifs is 1. The first kappa shape index (κ1) is 9.09. The van der Waals surface area contributed by atoms with Gasteiger partial charge in [0.25, 0.3) is 0 Å². The highest BCUT2D eigenvalue weighted by molar-refractivity contribution is 5.63.